The van der Waals surface area contributed by atoms with Crippen molar-refractivity contribution in [3.63, 3.8) is 0 Å². The number of nitrogens with one attached hydrogen (secondary N) is 2. The number of halogens is 1. The average Bonchev–Trinajstić information content (AvgIpc) is 2.59. The monoisotopic (exact) mass is 466 g/mol. The minimum absolute atomic E-state index is 0.0731. The van der Waals surface area contributed by atoms with Crippen molar-refractivity contribution in [2.45, 2.75) is 32.9 Å². The number of carbonyl (C=O) groups is 2. The quantitative estimate of drug-likeness (QED) is 0.612. The Morgan fingerprint density at radius 1 is 1.08 bits per heavy atom. The minimum atomic E-state index is -0.259. The predicted octanol–water partition coefficient (Wildman–Crippen LogP) is 3.69. The molecule has 0 aliphatic carbocycles. The molecule has 2 aromatic rings. The summed E-state index contributed by atoms with van der Waals surface area (Å²) in [6.07, 6.45) is 0.0890. The van der Waals surface area contributed by atoms with E-state index in [4.69, 9.17) is 4.74 Å². The SMILES string of the molecule is CC(C)Oc1cccc(C(C)NC(=O)CNC(=O)c2ccccc2I)c1. The number of rotatable bonds is 7. The van der Waals surface area contributed by atoms with Crippen molar-refractivity contribution in [1.82, 2.24) is 10.6 Å². The van der Waals surface area contributed by atoms with Crippen LogP contribution >= 0.6 is 22.6 Å². The molecule has 1 atom stereocenters. The molecule has 2 amide bonds. The minimum Gasteiger partial charge on any atom is -0.491 e. The summed E-state index contributed by atoms with van der Waals surface area (Å²) in [6, 6.07) is 14.7. The van der Waals surface area contributed by atoms with Gasteiger partial charge in [-0.2, -0.15) is 0 Å². The van der Waals surface area contributed by atoms with Crippen LogP contribution in [0.3, 0.4) is 0 Å². The van der Waals surface area contributed by atoms with Crippen LogP contribution in [0.4, 0.5) is 0 Å². The van der Waals surface area contributed by atoms with Gasteiger partial charge in [0, 0.05) is 3.57 Å². The van der Waals surface area contributed by atoms with Crippen molar-refractivity contribution in [3.05, 3.63) is 63.2 Å². The summed E-state index contributed by atoms with van der Waals surface area (Å²) in [5.74, 6) is 0.266. The first kappa shape index (κ1) is 20.2. The normalized spacial score (nSPS) is 11.7. The van der Waals surface area contributed by atoms with E-state index in [0.717, 1.165) is 14.9 Å². The van der Waals surface area contributed by atoms with Crippen molar-refractivity contribution in [2.24, 2.45) is 0 Å². The first-order valence-electron chi connectivity index (χ1n) is 8.45. The molecular weight excluding hydrogens is 443 g/mol. The molecule has 0 spiro atoms. The van der Waals surface area contributed by atoms with E-state index in [1.807, 2.05) is 57.2 Å². The maximum Gasteiger partial charge on any atom is 0.252 e. The third-order valence-electron chi connectivity index (χ3n) is 3.64. The lowest BCUT2D eigenvalue weighted by molar-refractivity contribution is -0.120. The molecular formula is C20H23IN2O3. The van der Waals surface area contributed by atoms with Crippen LogP contribution in [-0.2, 0) is 4.79 Å². The number of ether oxygens (including phenoxy) is 1. The zero-order valence-electron chi connectivity index (χ0n) is 15.1. The summed E-state index contributed by atoms with van der Waals surface area (Å²) >= 11 is 2.10. The van der Waals surface area contributed by atoms with Gasteiger partial charge in [-0.3, -0.25) is 9.59 Å². The number of hydrogen-bond donors (Lipinski definition) is 2. The van der Waals surface area contributed by atoms with E-state index >= 15 is 0 Å². The Labute approximate surface area is 167 Å². The molecule has 138 valence electrons. The van der Waals surface area contributed by atoms with Gasteiger partial charge in [0.05, 0.1) is 24.3 Å². The molecule has 2 N–H and O–H groups in total. The molecule has 0 saturated carbocycles. The van der Waals surface area contributed by atoms with E-state index in [9.17, 15) is 9.59 Å². The smallest absolute Gasteiger partial charge is 0.252 e. The van der Waals surface area contributed by atoms with Crippen molar-refractivity contribution in [3.8, 4) is 5.75 Å². The van der Waals surface area contributed by atoms with Gasteiger partial charge in [-0.25, -0.2) is 0 Å². The summed E-state index contributed by atoms with van der Waals surface area (Å²) in [5, 5.41) is 5.54. The molecule has 0 aromatic heterocycles. The van der Waals surface area contributed by atoms with Crippen molar-refractivity contribution < 1.29 is 14.3 Å². The lowest BCUT2D eigenvalue weighted by atomic mass is 10.1. The molecule has 0 fully saturated rings. The lowest BCUT2D eigenvalue weighted by Gasteiger charge is -2.17. The molecule has 0 heterocycles. The highest BCUT2D eigenvalue weighted by Gasteiger charge is 2.13. The number of carbonyl (C=O) groups excluding carboxylic acids is 2. The number of amides is 2. The van der Waals surface area contributed by atoms with Crippen molar-refractivity contribution >= 4 is 34.4 Å². The Kier molecular flexibility index (Phi) is 7.44. The van der Waals surface area contributed by atoms with E-state index in [2.05, 4.69) is 33.2 Å². The Bertz CT molecular complexity index is 777. The zero-order chi connectivity index (χ0) is 19.1. The van der Waals surface area contributed by atoms with Gasteiger partial charge in [-0.05, 0) is 73.2 Å². The molecule has 0 aliphatic rings. The second-order valence-corrected chi connectivity index (χ2v) is 7.35. The van der Waals surface area contributed by atoms with Crippen LogP contribution in [-0.4, -0.2) is 24.5 Å². The highest BCUT2D eigenvalue weighted by atomic mass is 127. The second kappa shape index (κ2) is 9.56. The predicted molar refractivity (Wildman–Crippen MR) is 110 cm³/mol. The molecule has 26 heavy (non-hydrogen) atoms. The van der Waals surface area contributed by atoms with Crippen LogP contribution < -0.4 is 15.4 Å². The van der Waals surface area contributed by atoms with Crippen LogP contribution in [0.5, 0.6) is 5.75 Å². The molecule has 1 unspecified atom stereocenters. The van der Waals surface area contributed by atoms with Crippen LogP contribution in [0.15, 0.2) is 48.5 Å². The fourth-order valence-electron chi connectivity index (χ4n) is 2.41. The number of hydrogen-bond acceptors (Lipinski definition) is 3. The third-order valence-corrected chi connectivity index (χ3v) is 4.58. The fraction of sp³-hybridized carbons (Fsp3) is 0.300. The van der Waals surface area contributed by atoms with Crippen LogP contribution in [0.2, 0.25) is 0 Å². The largest absolute Gasteiger partial charge is 0.491 e. The second-order valence-electron chi connectivity index (χ2n) is 6.19. The highest BCUT2D eigenvalue weighted by molar-refractivity contribution is 14.1. The average molecular weight is 466 g/mol. The third kappa shape index (κ3) is 6.01. The van der Waals surface area contributed by atoms with Gasteiger partial charge in [-0.15, -0.1) is 0 Å². The van der Waals surface area contributed by atoms with E-state index in [0.29, 0.717) is 5.56 Å². The standard InChI is InChI=1S/C20H23IN2O3/c1-13(2)26-16-8-6-7-15(11-16)14(3)23-19(24)12-22-20(25)17-9-4-5-10-18(17)21/h4-11,13-14H,12H2,1-3H3,(H,22,25)(H,23,24). The summed E-state index contributed by atoms with van der Waals surface area (Å²) in [5.41, 5.74) is 1.51. The van der Waals surface area contributed by atoms with Crippen LogP contribution in [0.1, 0.15) is 42.7 Å². The maximum atomic E-state index is 12.2. The maximum absolute atomic E-state index is 12.2. The van der Waals surface area contributed by atoms with Gasteiger partial charge in [0.25, 0.3) is 5.91 Å². The fourth-order valence-corrected chi connectivity index (χ4v) is 3.04. The Morgan fingerprint density at radius 2 is 1.81 bits per heavy atom. The first-order valence-corrected chi connectivity index (χ1v) is 9.53. The van der Waals surface area contributed by atoms with Gasteiger partial charge in [0.2, 0.25) is 5.91 Å². The highest BCUT2D eigenvalue weighted by Crippen LogP contribution is 2.20. The number of benzene rings is 2. The van der Waals surface area contributed by atoms with Gasteiger partial charge in [-0.1, -0.05) is 24.3 Å². The summed E-state index contributed by atoms with van der Waals surface area (Å²) in [7, 11) is 0. The van der Waals surface area contributed by atoms with E-state index in [1.165, 1.54) is 0 Å². The molecule has 5 nitrogen and oxygen atoms in total. The summed E-state index contributed by atoms with van der Waals surface area (Å²) in [4.78, 5) is 24.3. The lowest BCUT2D eigenvalue weighted by Crippen LogP contribution is -2.38. The van der Waals surface area contributed by atoms with Crippen LogP contribution in [0, 0.1) is 3.57 Å². The topological polar surface area (TPSA) is 67.4 Å². The van der Waals surface area contributed by atoms with Gasteiger partial charge in [0.15, 0.2) is 0 Å². The first-order chi connectivity index (χ1) is 12.4. The van der Waals surface area contributed by atoms with Gasteiger partial charge >= 0.3 is 0 Å². The van der Waals surface area contributed by atoms with E-state index < -0.39 is 0 Å². The van der Waals surface area contributed by atoms with Crippen LogP contribution in [0.25, 0.3) is 0 Å². The van der Waals surface area contributed by atoms with E-state index in [-0.39, 0.29) is 30.5 Å². The van der Waals surface area contributed by atoms with Gasteiger partial charge in [0.1, 0.15) is 5.75 Å². The molecule has 2 aromatic carbocycles. The Hall–Kier alpha value is -2.09. The zero-order valence-corrected chi connectivity index (χ0v) is 17.2. The van der Waals surface area contributed by atoms with Crippen molar-refractivity contribution in [1.29, 1.82) is 0 Å². The van der Waals surface area contributed by atoms with Crippen molar-refractivity contribution in [2.75, 3.05) is 6.54 Å². The Morgan fingerprint density at radius 3 is 2.50 bits per heavy atom. The van der Waals surface area contributed by atoms with Gasteiger partial charge < -0.3 is 15.4 Å². The molecule has 2 rings (SSSR count). The van der Waals surface area contributed by atoms with E-state index in [1.54, 1.807) is 12.1 Å². The molecule has 0 bridgehead atoms. The molecule has 0 aliphatic heterocycles. The summed E-state index contributed by atoms with van der Waals surface area (Å²) < 4.78 is 6.52. The Balaban J connectivity index is 1.89. The molecule has 6 heteroatoms. The molecule has 0 saturated heterocycles. The molecule has 0 radical (unpaired) electrons. The summed E-state index contributed by atoms with van der Waals surface area (Å²) in [6.45, 7) is 5.76.